The maximum atomic E-state index is 9.84. The molecule has 1 aliphatic heterocycles. The number of hydrogen-bond donors (Lipinski definition) is 0. The van der Waals surface area contributed by atoms with Crippen molar-refractivity contribution in [3.63, 3.8) is 0 Å². The van der Waals surface area contributed by atoms with Crippen molar-refractivity contribution in [2.45, 2.75) is 19.3 Å². The van der Waals surface area contributed by atoms with Crippen LogP contribution >= 0.6 is 8.16 Å². The molecule has 0 aromatic rings. The van der Waals surface area contributed by atoms with Gasteiger partial charge in [-0.05, 0) is 19.3 Å². The number of amidine groups is 2. The van der Waals surface area contributed by atoms with Gasteiger partial charge in [0, 0.05) is 0 Å². The molecule has 0 amide bonds. The molecule has 13 heteroatoms. The Morgan fingerprint density at radius 1 is 1.21 bits per heavy atom. The molecule has 1 fully saturated rings. The van der Waals surface area contributed by atoms with Crippen molar-refractivity contribution in [3.05, 3.63) is 11.4 Å². The fraction of sp³-hybridized carbons (Fsp3) is 0.636. The molecule has 1 saturated heterocycles. The largest absolute Gasteiger partial charge is 1.00 e. The van der Waals surface area contributed by atoms with E-state index in [1.165, 1.54) is 6.42 Å². The first kappa shape index (κ1) is 24.2. The number of nitriles is 1. The Kier molecular flexibility index (Phi) is 10.0. The fourth-order valence-electron chi connectivity index (χ4n) is 1.66. The van der Waals surface area contributed by atoms with E-state index in [0.29, 0.717) is 6.02 Å². The van der Waals surface area contributed by atoms with Gasteiger partial charge in [-0.1, -0.05) is 6.57 Å². The van der Waals surface area contributed by atoms with Gasteiger partial charge in [-0.2, -0.15) is 4.84 Å². The number of piperidine rings is 1. The molecule has 0 unspecified atom stereocenters. The molecule has 0 atom stereocenters. The Hall–Kier alpha value is -2.07. The molecule has 6 nitrogen and oxygen atoms in total. The summed E-state index contributed by atoms with van der Waals surface area (Å²) in [6, 6.07) is 2.25. The third-order valence-electron chi connectivity index (χ3n) is 2.43. The van der Waals surface area contributed by atoms with Crippen LogP contribution < -0.4 is 4.70 Å². The predicted octanol–water partition coefficient (Wildman–Crippen LogP) is 0.840. The van der Waals surface area contributed by atoms with Crippen LogP contribution in [-0.4, -0.2) is 48.5 Å². The van der Waals surface area contributed by atoms with Gasteiger partial charge >= 0.3 is 41.0 Å². The van der Waals surface area contributed by atoms with Gasteiger partial charge < -0.3 is 9.55 Å². The van der Waals surface area contributed by atoms with Crippen LogP contribution in [0.2, 0.25) is 0 Å². The minimum absolute atomic E-state index is 0. The van der Waals surface area contributed by atoms with Gasteiger partial charge in [0.1, 0.15) is 6.07 Å². The van der Waals surface area contributed by atoms with E-state index >= 15 is 0 Å². The number of likely N-dealkylation sites (tertiary alicyclic amines) is 1. The van der Waals surface area contributed by atoms with Gasteiger partial charge in [-0.25, -0.2) is 14.7 Å². The van der Waals surface area contributed by atoms with E-state index in [2.05, 4.69) is 14.9 Å². The summed E-state index contributed by atoms with van der Waals surface area (Å²) in [5.41, 5.74) is 0. The average molecular weight is 379 g/mol. The van der Waals surface area contributed by atoms with Crippen molar-refractivity contribution in [2.24, 2.45) is 5.16 Å². The Morgan fingerprint density at radius 2 is 1.67 bits per heavy atom. The summed E-state index contributed by atoms with van der Waals surface area (Å²) in [6.07, 6.45) is 3.47. The molecule has 24 heavy (non-hydrogen) atoms. The zero-order chi connectivity index (χ0) is 18.1. The molecule has 0 aliphatic carbocycles. The van der Waals surface area contributed by atoms with Gasteiger partial charge in [0.15, 0.2) is 0 Å². The molecule has 0 N–H and O–H groups in total. The fourth-order valence-corrected chi connectivity index (χ4v) is 1.66. The van der Waals surface area contributed by atoms with E-state index in [1.54, 1.807) is 10.6 Å². The minimum atomic E-state index is -8.55. The third-order valence-corrected chi connectivity index (χ3v) is 2.43. The second-order valence-corrected chi connectivity index (χ2v) is 5.87. The summed E-state index contributed by atoms with van der Waals surface area (Å²) in [5.74, 6) is -0.290. The Balaban J connectivity index is 0. The van der Waals surface area contributed by atoms with Crippen LogP contribution in [0.25, 0.3) is 4.85 Å². The molecule has 0 radical (unpaired) electrons. The number of halogens is 6. The maximum absolute atomic E-state index is 9.84. The van der Waals surface area contributed by atoms with Gasteiger partial charge in [0.25, 0.3) is 0 Å². The van der Waals surface area contributed by atoms with E-state index in [4.69, 9.17) is 16.7 Å². The van der Waals surface area contributed by atoms with E-state index in [-0.39, 0.29) is 10.5 Å². The molecule has 0 bridgehead atoms. The molecule has 0 saturated carbocycles. The first-order valence-corrected chi connectivity index (χ1v) is 8.04. The Bertz CT molecular complexity index is 517. The number of rotatable bonds is 1. The number of oxime groups is 1. The quantitative estimate of drug-likeness (QED) is 0.129. The minimum Gasteiger partial charge on any atom is -1.00 e. The topological polar surface area (TPSA) is 56.0 Å². The van der Waals surface area contributed by atoms with Crippen molar-refractivity contribution >= 4 is 20.0 Å². The summed E-state index contributed by atoms with van der Waals surface area (Å²) in [7, 11) is -4.85. The standard InChI is InChI=1S/C11H16N5O.F5P.FH/c1-13-10(9-12)14-17-11(15(2)3)16-7-5-4-6-8-16;1-6(2,3,4)5;/h4-8H2,2-3H3;;1H/q+1;;/p-1/b14-10-;;. The van der Waals surface area contributed by atoms with Gasteiger partial charge in [-0.15, -0.1) is 0 Å². The van der Waals surface area contributed by atoms with Crippen LogP contribution in [0, 0.1) is 17.9 Å². The smallest absolute Gasteiger partial charge is 0.492 e. The molecule has 1 heterocycles. The summed E-state index contributed by atoms with van der Waals surface area (Å²) < 4.78 is 51.0. The van der Waals surface area contributed by atoms with Gasteiger partial charge in [0.05, 0.1) is 32.3 Å². The summed E-state index contributed by atoms with van der Waals surface area (Å²) in [6.45, 7) is 8.55. The zero-order valence-electron chi connectivity index (χ0n) is 12.9. The SMILES string of the molecule is FP(F)(F)(F)F.[C-]#[N+]/C(C#N)=N\OC(N1CCCCC1)=[N+](C)C.[F-]. The number of nitrogens with zero attached hydrogens (tertiary/aromatic N) is 5. The molecule has 0 spiro atoms. The molecular weight excluding hydrogens is 363 g/mol. The summed E-state index contributed by atoms with van der Waals surface area (Å²) >= 11 is 0. The Labute approximate surface area is 135 Å². The average Bonchev–Trinajstić information content (AvgIpc) is 2.41. The van der Waals surface area contributed by atoms with E-state index in [0.717, 1.165) is 25.9 Å². The van der Waals surface area contributed by atoms with Crippen LogP contribution in [0.15, 0.2) is 5.16 Å². The summed E-state index contributed by atoms with van der Waals surface area (Å²) in [5, 5.41) is 12.1. The normalized spacial score (nSPS) is 16.0. The van der Waals surface area contributed by atoms with Crippen molar-refractivity contribution in [1.29, 1.82) is 5.26 Å². The van der Waals surface area contributed by atoms with Crippen molar-refractivity contribution in [1.82, 2.24) is 4.90 Å². The first-order chi connectivity index (χ1) is 10.4. The van der Waals surface area contributed by atoms with Crippen LogP contribution in [0.1, 0.15) is 19.3 Å². The van der Waals surface area contributed by atoms with Crippen LogP contribution in [-0.2, 0) is 4.84 Å². The molecule has 0 aromatic carbocycles. The second-order valence-electron chi connectivity index (χ2n) is 4.59. The van der Waals surface area contributed by atoms with Crippen molar-refractivity contribution in [3.8, 4) is 6.07 Å². The molecular formula is C11H16F6N5OP. The predicted molar refractivity (Wildman–Crippen MR) is 75.7 cm³/mol. The second kappa shape index (κ2) is 9.93. The van der Waals surface area contributed by atoms with Gasteiger partial charge in [-0.3, -0.25) is 0 Å². The third kappa shape index (κ3) is 13.6. The molecule has 0 aromatic heterocycles. The maximum Gasteiger partial charge on any atom is 0.492 e. The van der Waals surface area contributed by atoms with Crippen LogP contribution in [0.3, 0.4) is 0 Å². The van der Waals surface area contributed by atoms with Gasteiger partial charge in [0.2, 0.25) is 0 Å². The van der Waals surface area contributed by atoms with Crippen molar-refractivity contribution in [2.75, 3.05) is 27.2 Å². The monoisotopic (exact) mass is 379 g/mol. The van der Waals surface area contributed by atoms with E-state index in [9.17, 15) is 21.0 Å². The molecule has 1 aliphatic rings. The van der Waals surface area contributed by atoms with Crippen LogP contribution in [0.5, 0.6) is 0 Å². The summed E-state index contributed by atoms with van der Waals surface area (Å²) in [4.78, 5) is 10.2. The molecule has 1 rings (SSSR count). The number of hydrogen-bond acceptors (Lipinski definition) is 3. The van der Waals surface area contributed by atoms with E-state index < -0.39 is 8.16 Å². The molecule has 138 valence electrons. The van der Waals surface area contributed by atoms with E-state index in [1.807, 2.05) is 14.1 Å². The van der Waals surface area contributed by atoms with Crippen molar-refractivity contribution < 1.29 is 35.1 Å². The Morgan fingerprint density at radius 3 is 2.00 bits per heavy atom. The zero-order valence-corrected chi connectivity index (χ0v) is 13.8. The van der Waals surface area contributed by atoms with Crippen LogP contribution in [0.4, 0.5) is 21.0 Å². The first-order valence-electron chi connectivity index (χ1n) is 6.35.